The van der Waals surface area contributed by atoms with Crippen LogP contribution in [0.2, 0.25) is 0 Å². The number of esters is 1. The summed E-state index contributed by atoms with van der Waals surface area (Å²) in [5.41, 5.74) is -0.487. The van der Waals surface area contributed by atoms with Crippen molar-refractivity contribution in [3.05, 3.63) is 0 Å². The lowest BCUT2D eigenvalue weighted by atomic mass is 9.57. The van der Waals surface area contributed by atoms with Gasteiger partial charge >= 0.3 is 11.9 Å². The van der Waals surface area contributed by atoms with E-state index in [1.807, 2.05) is 0 Å². The zero-order chi connectivity index (χ0) is 14.1. The summed E-state index contributed by atoms with van der Waals surface area (Å²) in [7, 11) is 0. The highest BCUT2D eigenvalue weighted by Gasteiger charge is 2.73. The van der Waals surface area contributed by atoms with Crippen LogP contribution in [-0.2, 0) is 14.3 Å². The number of hydrogen-bond donors (Lipinski definition) is 1. The lowest BCUT2D eigenvalue weighted by Gasteiger charge is -2.49. The second kappa shape index (κ2) is 3.53. The molecule has 1 N–H and O–H groups in total. The minimum Gasteiger partial charge on any atom is -0.481 e. The summed E-state index contributed by atoms with van der Waals surface area (Å²) in [4.78, 5) is 23.4. The third kappa shape index (κ3) is 1.40. The molecule has 4 heteroatoms. The minimum atomic E-state index is -0.718. The van der Waals surface area contributed by atoms with E-state index < -0.39 is 5.97 Å². The molecule has 4 atom stereocenters. The number of ether oxygens (including phenoxy) is 1. The number of carboxylic acids is 1. The van der Waals surface area contributed by atoms with E-state index in [0.29, 0.717) is 18.9 Å². The van der Waals surface area contributed by atoms with Crippen LogP contribution in [0.5, 0.6) is 0 Å². The summed E-state index contributed by atoms with van der Waals surface area (Å²) < 4.78 is 5.33. The van der Waals surface area contributed by atoms with Crippen molar-refractivity contribution >= 4 is 11.9 Å². The first-order chi connectivity index (χ1) is 8.73. The smallest absolute Gasteiger partial charge is 0.307 e. The molecule has 2 aliphatic carbocycles. The molecule has 1 heterocycles. The van der Waals surface area contributed by atoms with Crippen molar-refractivity contribution in [2.45, 2.75) is 46.5 Å². The van der Waals surface area contributed by atoms with Gasteiger partial charge in [-0.25, -0.2) is 0 Å². The molecular weight excluding hydrogens is 244 g/mol. The Bertz CT molecular complexity index is 455. The molecule has 3 aliphatic rings. The molecule has 0 aromatic heterocycles. The van der Waals surface area contributed by atoms with Crippen molar-refractivity contribution in [2.24, 2.45) is 28.1 Å². The fourth-order valence-electron chi connectivity index (χ4n) is 5.83. The zero-order valence-corrected chi connectivity index (χ0v) is 11.9. The maximum atomic E-state index is 11.7. The summed E-state index contributed by atoms with van der Waals surface area (Å²) in [6.45, 7) is 6.85. The maximum Gasteiger partial charge on any atom is 0.307 e. The van der Waals surface area contributed by atoms with Gasteiger partial charge in [-0.15, -0.1) is 0 Å². The van der Waals surface area contributed by atoms with Crippen LogP contribution in [-0.4, -0.2) is 23.7 Å². The molecule has 1 aliphatic heterocycles. The van der Waals surface area contributed by atoms with Gasteiger partial charge < -0.3 is 9.84 Å². The Morgan fingerprint density at radius 3 is 2.63 bits per heavy atom. The van der Waals surface area contributed by atoms with Gasteiger partial charge in [-0.2, -0.15) is 0 Å². The van der Waals surface area contributed by atoms with Crippen LogP contribution in [0.15, 0.2) is 0 Å². The first-order valence-corrected chi connectivity index (χ1v) is 7.11. The fourth-order valence-corrected chi connectivity index (χ4v) is 5.83. The molecule has 4 nitrogen and oxygen atoms in total. The van der Waals surface area contributed by atoms with Crippen molar-refractivity contribution < 1.29 is 19.4 Å². The first kappa shape index (κ1) is 12.9. The lowest BCUT2D eigenvalue weighted by molar-refractivity contribution is -0.181. The average molecular weight is 266 g/mol. The lowest BCUT2D eigenvalue weighted by Crippen LogP contribution is -2.53. The second-order valence-corrected chi connectivity index (χ2v) is 7.62. The molecule has 1 spiro atoms. The Balaban J connectivity index is 2.14. The third-order valence-electron chi connectivity index (χ3n) is 6.21. The Morgan fingerprint density at radius 2 is 2.00 bits per heavy atom. The number of hydrogen-bond acceptors (Lipinski definition) is 3. The van der Waals surface area contributed by atoms with E-state index in [-0.39, 0.29) is 28.1 Å². The summed E-state index contributed by atoms with van der Waals surface area (Å²) in [6.07, 6.45) is 2.95. The minimum absolute atomic E-state index is 0.0902. The molecule has 0 aromatic carbocycles. The summed E-state index contributed by atoms with van der Waals surface area (Å²) in [5, 5.41) is 9.60. The van der Waals surface area contributed by atoms with E-state index in [1.54, 1.807) is 0 Å². The number of aliphatic carboxylic acids is 1. The van der Waals surface area contributed by atoms with Crippen molar-refractivity contribution in [3.63, 3.8) is 0 Å². The van der Waals surface area contributed by atoms with Gasteiger partial charge in [-0.05, 0) is 36.0 Å². The quantitative estimate of drug-likeness (QED) is 0.740. The van der Waals surface area contributed by atoms with Crippen molar-refractivity contribution in [3.8, 4) is 0 Å². The molecule has 0 unspecified atom stereocenters. The normalized spacial score (nSPS) is 47.4. The molecule has 3 rings (SSSR count). The summed E-state index contributed by atoms with van der Waals surface area (Å²) in [6, 6.07) is 0. The molecule has 19 heavy (non-hydrogen) atoms. The molecule has 3 fully saturated rings. The van der Waals surface area contributed by atoms with Gasteiger partial charge in [0.05, 0.1) is 18.9 Å². The second-order valence-electron chi connectivity index (χ2n) is 7.62. The van der Waals surface area contributed by atoms with Gasteiger partial charge in [0, 0.05) is 5.41 Å². The molecule has 0 amide bonds. The van der Waals surface area contributed by atoms with Gasteiger partial charge in [0.2, 0.25) is 0 Å². The Hall–Kier alpha value is -1.06. The van der Waals surface area contributed by atoms with Gasteiger partial charge in [0.15, 0.2) is 0 Å². The average Bonchev–Trinajstić information content (AvgIpc) is 2.71. The monoisotopic (exact) mass is 266 g/mol. The molecule has 0 bridgehead atoms. The van der Waals surface area contributed by atoms with E-state index in [9.17, 15) is 14.7 Å². The van der Waals surface area contributed by atoms with E-state index in [0.717, 1.165) is 19.3 Å². The van der Waals surface area contributed by atoms with E-state index in [1.165, 1.54) is 0 Å². The molecule has 106 valence electrons. The number of carbonyl (C=O) groups is 2. The largest absolute Gasteiger partial charge is 0.481 e. The molecule has 1 saturated heterocycles. The van der Waals surface area contributed by atoms with Crippen LogP contribution in [0, 0.1) is 28.1 Å². The molecule has 0 aromatic rings. The van der Waals surface area contributed by atoms with E-state index in [4.69, 9.17) is 4.74 Å². The topological polar surface area (TPSA) is 63.6 Å². The highest BCUT2D eigenvalue weighted by atomic mass is 16.5. The van der Waals surface area contributed by atoms with Gasteiger partial charge in [0.25, 0.3) is 0 Å². The Kier molecular flexibility index (Phi) is 2.40. The molecule has 2 saturated carbocycles. The van der Waals surface area contributed by atoms with E-state index >= 15 is 0 Å². The van der Waals surface area contributed by atoms with Crippen molar-refractivity contribution in [1.29, 1.82) is 0 Å². The molecule has 0 radical (unpaired) electrons. The van der Waals surface area contributed by atoms with Gasteiger partial charge in [-0.1, -0.05) is 20.8 Å². The van der Waals surface area contributed by atoms with Gasteiger partial charge in [-0.3, -0.25) is 9.59 Å². The highest BCUT2D eigenvalue weighted by molar-refractivity contribution is 5.75. The predicted octanol–water partition coefficient (Wildman–Crippen LogP) is 2.47. The Morgan fingerprint density at radius 1 is 1.32 bits per heavy atom. The highest BCUT2D eigenvalue weighted by Crippen LogP contribution is 2.74. The van der Waals surface area contributed by atoms with Crippen LogP contribution in [0.1, 0.15) is 46.5 Å². The summed E-state index contributed by atoms with van der Waals surface area (Å²) >= 11 is 0. The van der Waals surface area contributed by atoms with Crippen LogP contribution < -0.4 is 0 Å². The number of cyclic esters (lactones) is 1. The SMILES string of the molecule is CC1(C)C[C@]2(C)CC(=O)OC[C@@]23[C@H](C(=O)O)CC[C@@H]13. The maximum absolute atomic E-state index is 11.7. The van der Waals surface area contributed by atoms with Crippen molar-refractivity contribution in [1.82, 2.24) is 0 Å². The van der Waals surface area contributed by atoms with Crippen LogP contribution >= 0.6 is 0 Å². The fraction of sp³-hybridized carbons (Fsp3) is 0.867. The first-order valence-electron chi connectivity index (χ1n) is 7.11. The number of carbonyl (C=O) groups excluding carboxylic acids is 1. The third-order valence-corrected chi connectivity index (χ3v) is 6.21. The standard InChI is InChI=1S/C15H22O4/c1-13(2)7-14(3)6-11(16)19-8-15(14)9(12(17)18)4-5-10(13)15/h9-10H,4-8H2,1-3H3,(H,17,18)/t9-,10-,14-,15-/m0/s1. The predicted molar refractivity (Wildman–Crippen MR) is 68.4 cm³/mol. The van der Waals surface area contributed by atoms with E-state index in [2.05, 4.69) is 20.8 Å². The van der Waals surface area contributed by atoms with Gasteiger partial charge in [0.1, 0.15) is 0 Å². The van der Waals surface area contributed by atoms with Crippen molar-refractivity contribution in [2.75, 3.05) is 6.61 Å². The van der Waals surface area contributed by atoms with Crippen LogP contribution in [0.25, 0.3) is 0 Å². The summed E-state index contributed by atoms with van der Waals surface area (Å²) in [5.74, 6) is -0.901. The zero-order valence-electron chi connectivity index (χ0n) is 11.9. The number of carboxylic acid groups (broad SMARTS) is 1. The number of rotatable bonds is 1. The Labute approximate surface area is 113 Å². The van der Waals surface area contributed by atoms with Crippen LogP contribution in [0.3, 0.4) is 0 Å². The molecular formula is C15H22O4. The van der Waals surface area contributed by atoms with Crippen LogP contribution in [0.4, 0.5) is 0 Å².